The number of fused-ring (bicyclic) bond motifs is 1. The first kappa shape index (κ1) is 28.5. The monoisotopic (exact) mass is 584 g/mol. The van der Waals surface area contributed by atoms with Gasteiger partial charge in [-0.3, -0.25) is 9.59 Å². The van der Waals surface area contributed by atoms with Crippen molar-refractivity contribution in [2.24, 2.45) is 0 Å². The molecule has 1 aliphatic heterocycles. The van der Waals surface area contributed by atoms with E-state index >= 15 is 0 Å². The lowest BCUT2D eigenvalue weighted by molar-refractivity contribution is -0.148. The van der Waals surface area contributed by atoms with E-state index < -0.39 is 63.5 Å². The van der Waals surface area contributed by atoms with Crippen LogP contribution in [-0.4, -0.2) is 37.8 Å². The van der Waals surface area contributed by atoms with Gasteiger partial charge in [-0.15, -0.1) is 0 Å². The van der Waals surface area contributed by atoms with Crippen LogP contribution in [0.3, 0.4) is 0 Å². The van der Waals surface area contributed by atoms with Crippen LogP contribution in [-0.2, 0) is 36.9 Å². The first-order valence-corrected chi connectivity index (χ1v) is 13.4. The summed E-state index contributed by atoms with van der Waals surface area (Å²) in [7, 11) is -4.13. The molecule has 7 nitrogen and oxygen atoms in total. The van der Waals surface area contributed by atoms with Crippen LogP contribution in [0, 0.1) is 5.82 Å². The van der Waals surface area contributed by atoms with Gasteiger partial charge in [-0.05, 0) is 60.0 Å². The minimum Gasteiger partial charge on any atom is -0.456 e. The van der Waals surface area contributed by atoms with E-state index in [9.17, 15) is 35.6 Å². The molecule has 206 valence electrons. The summed E-state index contributed by atoms with van der Waals surface area (Å²) in [6.45, 7) is -0.769. The van der Waals surface area contributed by atoms with Gasteiger partial charge in [-0.2, -0.15) is 17.5 Å². The van der Waals surface area contributed by atoms with Gasteiger partial charge in [0, 0.05) is 12.2 Å². The maximum atomic E-state index is 13.4. The van der Waals surface area contributed by atoms with Gasteiger partial charge in [0.15, 0.2) is 6.61 Å². The Morgan fingerprint density at radius 3 is 2.44 bits per heavy atom. The number of amides is 1. The molecule has 0 spiro atoms. The van der Waals surface area contributed by atoms with Crippen molar-refractivity contribution in [1.29, 1.82) is 0 Å². The molecule has 39 heavy (non-hydrogen) atoms. The summed E-state index contributed by atoms with van der Waals surface area (Å²) in [5, 5.41) is 1.66. The zero-order valence-corrected chi connectivity index (χ0v) is 21.6. The molecule has 1 N–H and O–H groups in total. The Kier molecular flexibility index (Phi) is 8.28. The van der Waals surface area contributed by atoms with Gasteiger partial charge in [-0.1, -0.05) is 35.9 Å². The number of halogens is 5. The number of alkyl halides is 3. The summed E-state index contributed by atoms with van der Waals surface area (Å²) < 4.78 is 85.5. The van der Waals surface area contributed by atoms with Crippen molar-refractivity contribution in [2.45, 2.75) is 30.0 Å². The number of nitrogens with zero attached hydrogens (tertiary/aromatic N) is 1. The molecular weight excluding hydrogens is 564 g/mol. The van der Waals surface area contributed by atoms with Crippen LogP contribution in [0.2, 0.25) is 5.02 Å². The minimum atomic E-state index is -4.74. The highest BCUT2D eigenvalue weighted by atomic mass is 35.5. The molecule has 0 radical (unpaired) electrons. The first-order valence-electron chi connectivity index (χ1n) is 11.5. The molecule has 13 heteroatoms. The van der Waals surface area contributed by atoms with Gasteiger partial charge in [-0.25, -0.2) is 12.8 Å². The normalized spacial score (nSPS) is 15.9. The largest absolute Gasteiger partial charge is 0.456 e. The van der Waals surface area contributed by atoms with Gasteiger partial charge < -0.3 is 10.1 Å². The smallest absolute Gasteiger partial charge is 0.417 e. The van der Waals surface area contributed by atoms with Crippen molar-refractivity contribution in [3.63, 3.8) is 0 Å². The molecule has 4 rings (SSSR count). The lowest BCUT2D eigenvalue weighted by Crippen LogP contribution is -2.41. The zero-order valence-electron chi connectivity index (χ0n) is 20.0. The number of esters is 1. The van der Waals surface area contributed by atoms with Crippen molar-refractivity contribution >= 4 is 39.2 Å². The molecule has 1 unspecified atom stereocenters. The van der Waals surface area contributed by atoms with Gasteiger partial charge in [0.2, 0.25) is 10.0 Å². The summed E-state index contributed by atoms with van der Waals surface area (Å²) in [6.07, 6.45) is -4.80. The number of carbonyl (C=O) groups is 2. The predicted molar refractivity (Wildman–Crippen MR) is 134 cm³/mol. The van der Waals surface area contributed by atoms with Crippen LogP contribution in [0.1, 0.15) is 29.2 Å². The van der Waals surface area contributed by atoms with Crippen LogP contribution < -0.4 is 5.32 Å². The average Bonchev–Trinajstić information content (AvgIpc) is 2.88. The molecule has 1 aliphatic rings. The number of carbonyl (C=O) groups excluding carboxylic acids is 2. The molecule has 3 aromatic carbocycles. The lowest BCUT2D eigenvalue weighted by atomic mass is 9.92. The van der Waals surface area contributed by atoms with E-state index in [1.54, 1.807) is 18.2 Å². The van der Waals surface area contributed by atoms with Crippen molar-refractivity contribution in [3.8, 4) is 0 Å². The molecule has 1 heterocycles. The van der Waals surface area contributed by atoms with E-state index in [1.807, 2.05) is 6.07 Å². The quantitative estimate of drug-likeness (QED) is 0.298. The molecule has 0 aromatic heterocycles. The molecule has 1 amide bonds. The highest BCUT2D eigenvalue weighted by molar-refractivity contribution is 7.89. The van der Waals surface area contributed by atoms with Gasteiger partial charge in [0.05, 0.1) is 27.9 Å². The summed E-state index contributed by atoms with van der Waals surface area (Å²) in [4.78, 5) is 24.8. The van der Waals surface area contributed by atoms with E-state index in [0.29, 0.717) is 18.1 Å². The highest BCUT2D eigenvalue weighted by Crippen LogP contribution is 2.37. The SMILES string of the molecule is O=C(COC(=O)CC1c2ccccc2CCN1S(=O)(=O)c1ccc(F)cc1)Nc1ccc(Cl)c(C(F)(F)F)c1. The van der Waals surface area contributed by atoms with Gasteiger partial charge in [0.25, 0.3) is 5.91 Å². The molecule has 1 atom stereocenters. The second kappa shape index (κ2) is 11.3. The highest BCUT2D eigenvalue weighted by Gasteiger charge is 2.38. The third-order valence-corrected chi connectivity index (χ3v) is 8.32. The van der Waals surface area contributed by atoms with Crippen molar-refractivity contribution < 1.29 is 40.3 Å². The Balaban J connectivity index is 1.47. The number of hydrogen-bond donors (Lipinski definition) is 1. The lowest BCUT2D eigenvalue weighted by Gasteiger charge is -2.36. The average molecular weight is 585 g/mol. The number of rotatable bonds is 7. The standard InChI is InChI=1S/C26H21ClF4N2O5S/c27-22-10-7-18(13-21(22)26(29,30)31)32-24(34)15-38-25(35)14-23-20-4-2-1-3-16(20)11-12-33(23)39(36,37)19-8-5-17(28)6-9-19/h1-10,13,23H,11-12,14-15H2,(H,32,34). The summed E-state index contributed by atoms with van der Waals surface area (Å²) in [6, 6.07) is 13.1. The Morgan fingerprint density at radius 2 is 1.74 bits per heavy atom. The maximum absolute atomic E-state index is 13.4. The van der Waals surface area contributed by atoms with E-state index in [1.165, 1.54) is 0 Å². The zero-order chi connectivity index (χ0) is 28.4. The molecule has 0 saturated heterocycles. The summed E-state index contributed by atoms with van der Waals surface area (Å²) in [5.41, 5.74) is 0.0708. The predicted octanol–water partition coefficient (Wildman–Crippen LogP) is 5.36. The van der Waals surface area contributed by atoms with E-state index in [0.717, 1.165) is 46.3 Å². The second-order valence-electron chi connectivity index (χ2n) is 8.64. The molecule has 0 bridgehead atoms. The van der Waals surface area contributed by atoms with E-state index in [4.69, 9.17) is 16.3 Å². The molecule has 3 aromatic rings. The topological polar surface area (TPSA) is 92.8 Å². The summed E-state index contributed by atoms with van der Waals surface area (Å²) >= 11 is 5.57. The van der Waals surface area contributed by atoms with Crippen LogP contribution in [0.25, 0.3) is 0 Å². The Morgan fingerprint density at radius 1 is 1.05 bits per heavy atom. The Hall–Kier alpha value is -3.48. The van der Waals surface area contributed by atoms with Crippen LogP contribution in [0.4, 0.5) is 23.2 Å². The first-order chi connectivity index (χ1) is 18.4. The second-order valence-corrected chi connectivity index (χ2v) is 10.9. The fourth-order valence-corrected chi connectivity index (χ4v) is 6.08. The maximum Gasteiger partial charge on any atom is 0.417 e. The number of anilines is 1. The summed E-state index contributed by atoms with van der Waals surface area (Å²) in [5.74, 6) is -2.42. The number of hydrogen-bond acceptors (Lipinski definition) is 5. The third kappa shape index (κ3) is 6.57. The molecule has 0 fully saturated rings. The number of benzene rings is 3. The third-order valence-electron chi connectivity index (χ3n) is 6.06. The van der Waals surface area contributed by atoms with Crippen molar-refractivity contribution in [1.82, 2.24) is 4.31 Å². The number of nitrogens with one attached hydrogen (secondary N) is 1. The molecule has 0 aliphatic carbocycles. The number of ether oxygens (including phenoxy) is 1. The van der Waals surface area contributed by atoms with Crippen molar-refractivity contribution in [3.05, 3.63) is 94.3 Å². The molecular formula is C26H21ClF4N2O5S. The Bertz CT molecular complexity index is 1500. The number of sulfonamides is 1. The Labute approximate surface area is 226 Å². The van der Waals surface area contributed by atoms with Crippen LogP contribution >= 0.6 is 11.6 Å². The van der Waals surface area contributed by atoms with E-state index in [2.05, 4.69) is 5.32 Å². The van der Waals surface area contributed by atoms with Crippen LogP contribution in [0.5, 0.6) is 0 Å². The van der Waals surface area contributed by atoms with Gasteiger partial charge in [0.1, 0.15) is 5.82 Å². The fourth-order valence-electron chi connectivity index (χ4n) is 4.25. The molecule has 0 saturated carbocycles. The van der Waals surface area contributed by atoms with E-state index in [-0.39, 0.29) is 17.1 Å². The fraction of sp³-hybridized carbons (Fsp3) is 0.231. The van der Waals surface area contributed by atoms with Gasteiger partial charge >= 0.3 is 12.1 Å². The van der Waals surface area contributed by atoms with Crippen LogP contribution in [0.15, 0.2) is 71.6 Å². The van der Waals surface area contributed by atoms with Crippen molar-refractivity contribution in [2.75, 3.05) is 18.5 Å². The minimum absolute atomic E-state index is 0.0489.